The molecule has 2 rings (SSSR count). The highest BCUT2D eigenvalue weighted by molar-refractivity contribution is 7.38. The number of hydrogen-bond acceptors (Lipinski definition) is 0. The monoisotopic (exact) mass is 294 g/mol. The molecule has 0 heterocycles. The predicted octanol–water partition coefficient (Wildman–Crippen LogP) is 5.91. The molecule has 1 heteroatoms. The van der Waals surface area contributed by atoms with Crippen molar-refractivity contribution >= 4 is 19.6 Å². The van der Waals surface area contributed by atoms with E-state index in [0.717, 1.165) is 6.16 Å². The van der Waals surface area contributed by atoms with Crippen LogP contribution < -0.4 is 0 Å². The summed E-state index contributed by atoms with van der Waals surface area (Å²) in [5, 5.41) is 0. The van der Waals surface area contributed by atoms with Crippen molar-refractivity contribution in [1.29, 1.82) is 0 Å². The Morgan fingerprint density at radius 3 is 1.76 bits per heavy atom. The fourth-order valence-corrected chi connectivity index (χ4v) is 3.05. The second kappa shape index (κ2) is 7.38. The summed E-state index contributed by atoms with van der Waals surface area (Å²) in [4.78, 5) is 0. The van der Waals surface area contributed by atoms with Gasteiger partial charge in [-0.3, -0.25) is 0 Å². The summed E-state index contributed by atoms with van der Waals surface area (Å²) in [7, 11) is 1.37. The Kier molecular flexibility index (Phi) is 5.53. The molecule has 2 aromatic rings. The van der Waals surface area contributed by atoms with Gasteiger partial charge in [0, 0.05) is 6.16 Å². The Morgan fingerprint density at radius 2 is 1.33 bits per heavy atom. The van der Waals surface area contributed by atoms with Crippen LogP contribution in [0.1, 0.15) is 31.9 Å². The highest BCUT2D eigenvalue weighted by Gasteiger charge is 2.05. The van der Waals surface area contributed by atoms with Crippen molar-refractivity contribution in [2.45, 2.75) is 20.8 Å². The molecule has 0 fully saturated rings. The minimum atomic E-state index is 0.287. The summed E-state index contributed by atoms with van der Waals surface area (Å²) < 4.78 is 0. The normalized spacial score (nSPS) is 11.6. The Bertz CT molecular complexity index is 560. The van der Waals surface area contributed by atoms with Gasteiger partial charge in [-0.1, -0.05) is 93.3 Å². The van der Waals surface area contributed by atoms with Gasteiger partial charge in [0.2, 0.25) is 0 Å². The maximum absolute atomic E-state index is 2.37. The molecule has 0 radical (unpaired) electrons. The minimum absolute atomic E-state index is 0.287. The Balaban J connectivity index is 2.27. The topological polar surface area (TPSA) is 0 Å². The first-order chi connectivity index (χ1) is 10.1. The number of hydrogen-bond donors (Lipinski definition) is 0. The van der Waals surface area contributed by atoms with Crippen LogP contribution in [0.15, 0.2) is 66.7 Å². The first-order valence-corrected chi connectivity index (χ1v) is 8.53. The molecular formula is C20H23P. The summed E-state index contributed by atoms with van der Waals surface area (Å²) in [6.07, 6.45) is 3.41. The lowest BCUT2D eigenvalue weighted by molar-refractivity contribution is 0.615. The second-order valence-corrected chi connectivity index (χ2v) is 7.20. The molecular weight excluding hydrogens is 271 g/mol. The van der Waals surface area contributed by atoms with E-state index in [-0.39, 0.29) is 5.41 Å². The molecule has 0 aliphatic heterocycles. The van der Waals surface area contributed by atoms with E-state index >= 15 is 0 Å². The second-order valence-electron chi connectivity index (χ2n) is 6.21. The van der Waals surface area contributed by atoms with E-state index in [1.165, 1.54) is 24.9 Å². The summed E-state index contributed by atoms with van der Waals surface area (Å²) in [5.74, 6) is 2.37. The van der Waals surface area contributed by atoms with Crippen LogP contribution in [-0.2, 0) is 0 Å². The van der Waals surface area contributed by atoms with Crippen molar-refractivity contribution in [3.8, 4) is 0 Å². The summed E-state index contributed by atoms with van der Waals surface area (Å²) in [5.41, 5.74) is 4.19. The Morgan fingerprint density at radius 1 is 0.857 bits per heavy atom. The average molecular weight is 294 g/mol. The quantitative estimate of drug-likeness (QED) is 0.615. The summed E-state index contributed by atoms with van der Waals surface area (Å²) >= 11 is 0. The van der Waals surface area contributed by atoms with Gasteiger partial charge in [0.15, 0.2) is 0 Å². The first-order valence-electron chi connectivity index (χ1n) is 7.38. The summed E-state index contributed by atoms with van der Waals surface area (Å²) in [6, 6.07) is 21.3. The number of allylic oxidation sites excluding steroid dienone is 1. The number of rotatable bonds is 4. The van der Waals surface area contributed by atoms with E-state index in [2.05, 4.69) is 93.3 Å². The van der Waals surface area contributed by atoms with Gasteiger partial charge >= 0.3 is 0 Å². The van der Waals surface area contributed by atoms with Gasteiger partial charge in [-0.05, 0) is 22.1 Å². The SMILES string of the molecule is CC(C)(C)C=PCC=C(c1ccccc1)c1ccccc1. The lowest BCUT2D eigenvalue weighted by Gasteiger charge is -2.10. The van der Waals surface area contributed by atoms with Gasteiger partial charge in [-0.25, -0.2) is 0 Å². The highest BCUT2D eigenvalue weighted by Crippen LogP contribution is 2.24. The Labute approximate surface area is 130 Å². The average Bonchev–Trinajstić information content (AvgIpc) is 2.48. The molecule has 0 saturated carbocycles. The van der Waals surface area contributed by atoms with Crippen LogP contribution in [0.25, 0.3) is 5.57 Å². The lowest BCUT2D eigenvalue weighted by Crippen LogP contribution is -2.03. The minimum Gasteiger partial charge on any atom is -0.104 e. The molecule has 0 saturated heterocycles. The predicted molar refractivity (Wildman–Crippen MR) is 97.3 cm³/mol. The molecule has 0 unspecified atom stereocenters. The molecule has 0 atom stereocenters. The number of benzene rings is 2. The molecule has 0 amide bonds. The van der Waals surface area contributed by atoms with E-state index in [1.54, 1.807) is 0 Å². The maximum atomic E-state index is 2.37. The van der Waals surface area contributed by atoms with E-state index in [0.29, 0.717) is 0 Å². The van der Waals surface area contributed by atoms with Gasteiger partial charge < -0.3 is 0 Å². The van der Waals surface area contributed by atoms with Gasteiger partial charge in [-0.15, -0.1) is 8.20 Å². The third-order valence-corrected chi connectivity index (χ3v) is 4.40. The molecule has 2 aromatic carbocycles. The van der Waals surface area contributed by atoms with E-state index in [9.17, 15) is 0 Å². The van der Waals surface area contributed by atoms with Crippen LogP contribution in [-0.4, -0.2) is 12.0 Å². The van der Waals surface area contributed by atoms with Crippen LogP contribution in [0.2, 0.25) is 0 Å². The standard InChI is InChI=1S/C20H23P/c1-20(2,3)16-21-15-14-19(17-10-6-4-7-11-17)18-12-8-5-9-13-18/h4-14,16H,15H2,1-3H3. The molecule has 0 nitrogen and oxygen atoms in total. The first kappa shape index (κ1) is 15.7. The lowest BCUT2D eigenvalue weighted by atomic mass is 9.98. The van der Waals surface area contributed by atoms with Crippen LogP contribution in [0.3, 0.4) is 0 Å². The fraction of sp³-hybridized carbons (Fsp3) is 0.250. The van der Waals surface area contributed by atoms with Crippen molar-refractivity contribution < 1.29 is 0 Å². The molecule has 108 valence electrons. The van der Waals surface area contributed by atoms with E-state index in [4.69, 9.17) is 0 Å². The van der Waals surface area contributed by atoms with E-state index in [1.807, 2.05) is 0 Å². The van der Waals surface area contributed by atoms with Crippen LogP contribution in [0, 0.1) is 5.41 Å². The zero-order chi connectivity index (χ0) is 15.1. The highest BCUT2D eigenvalue weighted by atomic mass is 31.1. The molecule has 21 heavy (non-hydrogen) atoms. The van der Waals surface area contributed by atoms with E-state index < -0.39 is 0 Å². The van der Waals surface area contributed by atoms with Crippen molar-refractivity contribution in [2.24, 2.45) is 5.41 Å². The smallest absolute Gasteiger partial charge is 0.00806 e. The molecule has 0 N–H and O–H groups in total. The largest absolute Gasteiger partial charge is 0.104 e. The van der Waals surface area contributed by atoms with Gasteiger partial charge in [0.05, 0.1) is 0 Å². The van der Waals surface area contributed by atoms with Crippen molar-refractivity contribution in [2.75, 3.05) is 6.16 Å². The van der Waals surface area contributed by atoms with Gasteiger partial charge in [0.25, 0.3) is 0 Å². The molecule has 0 spiro atoms. The van der Waals surface area contributed by atoms with Crippen molar-refractivity contribution in [3.05, 3.63) is 77.9 Å². The third-order valence-electron chi connectivity index (χ3n) is 3.05. The third kappa shape index (κ3) is 5.33. The molecule has 0 aromatic heterocycles. The molecule has 0 aliphatic rings. The van der Waals surface area contributed by atoms with Gasteiger partial charge in [-0.2, -0.15) is 0 Å². The Hall–Kier alpha value is -1.65. The molecule has 0 bridgehead atoms. The van der Waals surface area contributed by atoms with Crippen LogP contribution in [0.5, 0.6) is 0 Å². The maximum Gasteiger partial charge on any atom is 0.00806 e. The van der Waals surface area contributed by atoms with Gasteiger partial charge in [0.1, 0.15) is 0 Å². The van der Waals surface area contributed by atoms with Crippen molar-refractivity contribution in [3.63, 3.8) is 0 Å². The summed E-state index contributed by atoms with van der Waals surface area (Å²) in [6.45, 7) is 6.75. The fourth-order valence-electron chi connectivity index (χ4n) is 2.11. The van der Waals surface area contributed by atoms with Crippen LogP contribution >= 0.6 is 8.20 Å². The zero-order valence-electron chi connectivity index (χ0n) is 13.1. The molecule has 0 aliphatic carbocycles. The van der Waals surface area contributed by atoms with Crippen LogP contribution in [0.4, 0.5) is 0 Å². The zero-order valence-corrected chi connectivity index (χ0v) is 14.0. The van der Waals surface area contributed by atoms with Crippen molar-refractivity contribution in [1.82, 2.24) is 0 Å².